The monoisotopic (exact) mass is 215 g/mol. The summed E-state index contributed by atoms with van der Waals surface area (Å²) in [5.74, 6) is -0.422. The van der Waals surface area contributed by atoms with Gasteiger partial charge < -0.3 is 19.5 Å². The van der Waals surface area contributed by atoms with Gasteiger partial charge in [-0.25, -0.2) is 0 Å². The molecule has 2 fully saturated rings. The molecule has 0 spiro atoms. The second-order valence-corrected chi connectivity index (χ2v) is 3.76. The van der Waals surface area contributed by atoms with Gasteiger partial charge >= 0.3 is 5.97 Å². The van der Waals surface area contributed by atoms with Gasteiger partial charge in [0, 0.05) is 13.1 Å². The molecule has 0 amide bonds. The van der Waals surface area contributed by atoms with Crippen LogP contribution in [-0.4, -0.2) is 51.1 Å². The fourth-order valence-electron chi connectivity index (χ4n) is 2.10. The Bertz CT molecular complexity index is 231. The second kappa shape index (κ2) is 4.92. The quantitative estimate of drug-likeness (QED) is 0.632. The summed E-state index contributed by atoms with van der Waals surface area (Å²) in [5, 5.41) is 3.17. The molecule has 5 heteroatoms. The van der Waals surface area contributed by atoms with Crippen molar-refractivity contribution >= 4 is 5.97 Å². The fourth-order valence-corrected chi connectivity index (χ4v) is 2.10. The molecule has 3 atom stereocenters. The zero-order valence-corrected chi connectivity index (χ0v) is 8.90. The van der Waals surface area contributed by atoms with Crippen LogP contribution in [0, 0.1) is 5.92 Å². The summed E-state index contributed by atoms with van der Waals surface area (Å²) < 4.78 is 16.2. The highest BCUT2D eigenvalue weighted by Crippen LogP contribution is 2.22. The van der Waals surface area contributed by atoms with Crippen molar-refractivity contribution in [3.8, 4) is 0 Å². The lowest BCUT2D eigenvalue weighted by molar-refractivity contribution is -0.186. The first-order valence-electron chi connectivity index (χ1n) is 5.43. The Morgan fingerprint density at radius 1 is 1.40 bits per heavy atom. The number of esters is 1. The molecular weight excluding hydrogens is 198 g/mol. The smallest absolute Gasteiger partial charge is 0.312 e. The molecule has 2 rings (SSSR count). The maximum Gasteiger partial charge on any atom is 0.312 e. The van der Waals surface area contributed by atoms with Gasteiger partial charge in [-0.2, -0.15) is 0 Å². The van der Waals surface area contributed by atoms with E-state index in [2.05, 4.69) is 5.32 Å². The van der Waals surface area contributed by atoms with Crippen LogP contribution in [0.3, 0.4) is 0 Å². The molecule has 2 aliphatic heterocycles. The van der Waals surface area contributed by atoms with Crippen molar-refractivity contribution in [2.45, 2.75) is 19.1 Å². The number of carbonyl (C=O) groups excluding carboxylic acids is 1. The van der Waals surface area contributed by atoms with Crippen LogP contribution in [-0.2, 0) is 19.0 Å². The molecule has 2 saturated heterocycles. The van der Waals surface area contributed by atoms with Crippen LogP contribution in [0.5, 0.6) is 0 Å². The van der Waals surface area contributed by atoms with Crippen LogP contribution in [0.2, 0.25) is 0 Å². The minimum absolute atomic E-state index is 0.0121. The van der Waals surface area contributed by atoms with Gasteiger partial charge in [0.05, 0.1) is 37.9 Å². The number of carbonyl (C=O) groups is 1. The minimum Gasteiger partial charge on any atom is -0.466 e. The van der Waals surface area contributed by atoms with Crippen molar-refractivity contribution in [3.05, 3.63) is 0 Å². The molecule has 0 aromatic heterocycles. The molecule has 0 bridgehead atoms. The number of hydrogen-bond donors (Lipinski definition) is 1. The van der Waals surface area contributed by atoms with Crippen LogP contribution in [0.15, 0.2) is 0 Å². The molecule has 0 aromatic rings. The van der Waals surface area contributed by atoms with Crippen molar-refractivity contribution in [2.24, 2.45) is 5.92 Å². The van der Waals surface area contributed by atoms with E-state index in [0.717, 1.165) is 6.54 Å². The largest absolute Gasteiger partial charge is 0.466 e. The lowest BCUT2D eigenvalue weighted by Crippen LogP contribution is -2.57. The second-order valence-electron chi connectivity index (χ2n) is 3.76. The average molecular weight is 215 g/mol. The predicted molar refractivity (Wildman–Crippen MR) is 52.5 cm³/mol. The normalized spacial score (nSPS) is 35.7. The third kappa shape index (κ3) is 2.30. The van der Waals surface area contributed by atoms with E-state index in [1.54, 1.807) is 0 Å². The third-order valence-electron chi connectivity index (χ3n) is 2.79. The summed E-state index contributed by atoms with van der Waals surface area (Å²) in [6, 6.07) is 0. The van der Waals surface area contributed by atoms with Crippen LogP contribution in [0.25, 0.3) is 0 Å². The summed E-state index contributed by atoms with van der Waals surface area (Å²) in [5.41, 5.74) is 0. The van der Waals surface area contributed by atoms with Gasteiger partial charge in [0.2, 0.25) is 0 Å². The number of piperidine rings is 1. The Labute approximate surface area is 89.1 Å². The van der Waals surface area contributed by atoms with Crippen LogP contribution >= 0.6 is 0 Å². The highest BCUT2D eigenvalue weighted by Gasteiger charge is 2.41. The van der Waals surface area contributed by atoms with E-state index in [4.69, 9.17) is 14.2 Å². The summed E-state index contributed by atoms with van der Waals surface area (Å²) >= 11 is 0. The van der Waals surface area contributed by atoms with Crippen molar-refractivity contribution < 1.29 is 19.0 Å². The molecule has 86 valence electrons. The highest BCUT2D eigenvalue weighted by molar-refractivity contribution is 5.73. The van der Waals surface area contributed by atoms with Crippen molar-refractivity contribution in [3.63, 3.8) is 0 Å². The van der Waals surface area contributed by atoms with Crippen LogP contribution in [0.4, 0.5) is 0 Å². The Morgan fingerprint density at radius 2 is 2.20 bits per heavy atom. The first-order chi connectivity index (χ1) is 7.33. The van der Waals surface area contributed by atoms with E-state index in [-0.39, 0.29) is 24.1 Å². The molecule has 0 aliphatic carbocycles. The molecule has 3 unspecified atom stereocenters. The molecule has 15 heavy (non-hydrogen) atoms. The van der Waals surface area contributed by atoms with E-state index < -0.39 is 0 Å². The molecule has 0 saturated carbocycles. The SMILES string of the molecule is CCOC(=O)C1CNCC2OCCOC21. The molecule has 0 radical (unpaired) electrons. The maximum absolute atomic E-state index is 11.7. The van der Waals surface area contributed by atoms with Gasteiger partial charge in [-0.1, -0.05) is 0 Å². The first kappa shape index (κ1) is 10.9. The summed E-state index contributed by atoms with van der Waals surface area (Å²) in [4.78, 5) is 11.7. The van der Waals surface area contributed by atoms with Gasteiger partial charge in [0.1, 0.15) is 0 Å². The Morgan fingerprint density at radius 3 is 3.00 bits per heavy atom. The standard InChI is InChI=1S/C10H17NO4/c1-2-13-10(12)7-5-11-6-8-9(7)15-4-3-14-8/h7-9,11H,2-6H2,1H3. The van der Waals surface area contributed by atoms with Crippen LogP contribution < -0.4 is 5.32 Å². The van der Waals surface area contributed by atoms with Crippen LogP contribution in [0.1, 0.15) is 6.92 Å². The number of nitrogens with one attached hydrogen (secondary N) is 1. The van der Waals surface area contributed by atoms with E-state index in [1.807, 2.05) is 6.92 Å². The summed E-state index contributed by atoms with van der Waals surface area (Å²) in [6.07, 6.45) is -0.152. The topological polar surface area (TPSA) is 56.8 Å². The minimum atomic E-state index is -0.232. The van der Waals surface area contributed by atoms with Gasteiger partial charge in [-0.3, -0.25) is 4.79 Å². The molecular formula is C10H17NO4. The molecule has 0 aromatic carbocycles. The number of hydrogen-bond acceptors (Lipinski definition) is 5. The number of ether oxygens (including phenoxy) is 3. The van der Waals surface area contributed by atoms with Gasteiger partial charge in [-0.15, -0.1) is 0 Å². The lowest BCUT2D eigenvalue weighted by Gasteiger charge is -2.39. The third-order valence-corrected chi connectivity index (χ3v) is 2.79. The fraction of sp³-hybridized carbons (Fsp3) is 0.900. The zero-order valence-electron chi connectivity index (χ0n) is 8.90. The number of fused-ring (bicyclic) bond motifs is 1. The Balaban J connectivity index is 2.00. The Hall–Kier alpha value is -0.650. The van der Waals surface area contributed by atoms with Crippen molar-refractivity contribution in [1.29, 1.82) is 0 Å². The summed E-state index contributed by atoms with van der Waals surface area (Å²) in [6.45, 7) is 4.76. The lowest BCUT2D eigenvalue weighted by atomic mass is 9.93. The zero-order chi connectivity index (χ0) is 10.7. The van der Waals surface area contributed by atoms with E-state index in [0.29, 0.717) is 26.4 Å². The van der Waals surface area contributed by atoms with E-state index in [1.165, 1.54) is 0 Å². The average Bonchev–Trinajstić information content (AvgIpc) is 2.28. The predicted octanol–water partition coefficient (Wildman–Crippen LogP) is -0.447. The van der Waals surface area contributed by atoms with Gasteiger partial charge in [0.25, 0.3) is 0 Å². The molecule has 5 nitrogen and oxygen atoms in total. The number of rotatable bonds is 2. The first-order valence-corrected chi connectivity index (χ1v) is 5.43. The molecule has 2 aliphatic rings. The van der Waals surface area contributed by atoms with E-state index in [9.17, 15) is 4.79 Å². The highest BCUT2D eigenvalue weighted by atomic mass is 16.6. The van der Waals surface area contributed by atoms with E-state index >= 15 is 0 Å². The maximum atomic E-state index is 11.7. The Kier molecular flexibility index (Phi) is 3.56. The summed E-state index contributed by atoms with van der Waals surface area (Å²) in [7, 11) is 0. The van der Waals surface area contributed by atoms with Gasteiger partial charge in [-0.05, 0) is 6.92 Å². The van der Waals surface area contributed by atoms with Gasteiger partial charge in [0.15, 0.2) is 0 Å². The van der Waals surface area contributed by atoms with Crippen molar-refractivity contribution in [2.75, 3.05) is 32.9 Å². The van der Waals surface area contributed by atoms with Crippen molar-refractivity contribution in [1.82, 2.24) is 5.32 Å². The molecule has 2 heterocycles. The molecule has 1 N–H and O–H groups in total.